The van der Waals surface area contributed by atoms with Gasteiger partial charge < -0.3 is 4.57 Å². The smallest absolute Gasteiger partial charge is 0.323 e. The van der Waals surface area contributed by atoms with Crippen LogP contribution in [0.3, 0.4) is 0 Å². The van der Waals surface area contributed by atoms with E-state index in [9.17, 15) is 4.79 Å². The summed E-state index contributed by atoms with van der Waals surface area (Å²) in [7, 11) is 2.00. The minimum Gasteiger partial charge on any atom is -0.323 e. The molecule has 2 aliphatic rings. The van der Waals surface area contributed by atoms with Crippen molar-refractivity contribution in [3.05, 3.63) is 47.4 Å². The van der Waals surface area contributed by atoms with Gasteiger partial charge in [0.1, 0.15) is 11.5 Å². The molecule has 3 heterocycles. The Morgan fingerprint density at radius 3 is 2.67 bits per heavy atom. The van der Waals surface area contributed by atoms with Gasteiger partial charge in [-0.2, -0.15) is 0 Å². The summed E-state index contributed by atoms with van der Waals surface area (Å²) >= 11 is 0. The second-order valence-corrected chi connectivity index (χ2v) is 7.00. The molecule has 1 aromatic heterocycles. The normalized spacial score (nSPS) is 18.9. The van der Waals surface area contributed by atoms with Crippen molar-refractivity contribution < 1.29 is 4.79 Å². The molecule has 140 valence electrons. The molecule has 1 atom stereocenters. The second-order valence-electron chi connectivity index (χ2n) is 7.00. The molecular formula is C21H25N5O. The van der Waals surface area contributed by atoms with Crippen molar-refractivity contribution >= 4 is 29.8 Å². The van der Waals surface area contributed by atoms with Crippen LogP contribution in [-0.4, -0.2) is 45.4 Å². The summed E-state index contributed by atoms with van der Waals surface area (Å²) < 4.78 is 2.05. The van der Waals surface area contributed by atoms with Gasteiger partial charge in [0.2, 0.25) is 0 Å². The fourth-order valence-electron chi connectivity index (χ4n) is 3.64. The molecular weight excluding hydrogens is 338 g/mol. The first kappa shape index (κ1) is 17.5. The topological polar surface area (TPSA) is 53.7 Å². The highest BCUT2D eigenvalue weighted by Crippen LogP contribution is 2.33. The molecule has 2 amide bonds. The lowest BCUT2D eigenvalue weighted by atomic mass is 10.2. The van der Waals surface area contributed by atoms with E-state index in [0.29, 0.717) is 13.1 Å². The van der Waals surface area contributed by atoms with Crippen LogP contribution in [-0.2, 0) is 7.05 Å². The zero-order valence-electron chi connectivity index (χ0n) is 16.1. The van der Waals surface area contributed by atoms with E-state index in [1.807, 2.05) is 46.9 Å². The number of amides is 2. The van der Waals surface area contributed by atoms with Crippen LogP contribution in [0.1, 0.15) is 43.8 Å². The second kappa shape index (κ2) is 7.02. The van der Waals surface area contributed by atoms with Gasteiger partial charge in [0.25, 0.3) is 0 Å². The molecule has 2 aromatic rings. The van der Waals surface area contributed by atoms with Crippen LogP contribution < -0.4 is 4.90 Å². The maximum absolute atomic E-state index is 13.0. The Kier molecular flexibility index (Phi) is 4.56. The largest absolute Gasteiger partial charge is 0.331 e. The molecule has 0 saturated carbocycles. The Morgan fingerprint density at radius 1 is 1.19 bits per heavy atom. The molecule has 1 unspecified atom stereocenters. The van der Waals surface area contributed by atoms with Crippen molar-refractivity contribution in [3.63, 3.8) is 0 Å². The highest BCUT2D eigenvalue weighted by molar-refractivity contribution is 6.18. The molecule has 0 bridgehead atoms. The van der Waals surface area contributed by atoms with Gasteiger partial charge in [0, 0.05) is 13.6 Å². The number of hydrogen-bond acceptors (Lipinski definition) is 3. The summed E-state index contributed by atoms with van der Waals surface area (Å²) in [4.78, 5) is 26.3. The quantitative estimate of drug-likeness (QED) is 0.812. The summed E-state index contributed by atoms with van der Waals surface area (Å²) in [6.45, 7) is 5.50. The molecule has 0 N–H and O–H groups in total. The van der Waals surface area contributed by atoms with Crippen LogP contribution in [0.25, 0.3) is 12.2 Å². The third-order valence-corrected chi connectivity index (χ3v) is 5.14. The maximum atomic E-state index is 13.0. The number of aromatic nitrogens is 2. The molecule has 0 aliphatic carbocycles. The van der Waals surface area contributed by atoms with Crippen LogP contribution in [0.2, 0.25) is 0 Å². The number of anilines is 1. The fourth-order valence-corrected chi connectivity index (χ4v) is 3.64. The van der Waals surface area contributed by atoms with E-state index in [4.69, 9.17) is 9.98 Å². The van der Waals surface area contributed by atoms with Gasteiger partial charge in [0.05, 0.1) is 12.6 Å². The van der Waals surface area contributed by atoms with Crippen molar-refractivity contribution in [3.8, 4) is 0 Å². The molecule has 6 nitrogen and oxygen atoms in total. The number of carbonyl (C=O) groups is 1. The first-order valence-electron chi connectivity index (χ1n) is 9.61. The highest BCUT2D eigenvalue weighted by atomic mass is 16.2. The first-order chi connectivity index (χ1) is 13.1. The third kappa shape index (κ3) is 2.95. The predicted octanol–water partition coefficient (Wildman–Crippen LogP) is 3.78. The lowest BCUT2D eigenvalue weighted by Gasteiger charge is -2.32. The standard InChI is InChI=1S/C21H25N5O/c1-4-13-25-20-18(19-22-16(5-2)14-26(19)21(25)27)24(3)17(23-20)12-11-15-9-7-6-8-10-15/h6-12,16H,4-5,13-14H2,1-3H3/b12-11+. The van der Waals surface area contributed by atoms with Crippen LogP contribution >= 0.6 is 0 Å². The number of imidazole rings is 1. The van der Waals surface area contributed by atoms with E-state index in [-0.39, 0.29) is 12.1 Å². The number of fused-ring (bicyclic) bond motifs is 3. The van der Waals surface area contributed by atoms with E-state index in [1.165, 1.54) is 0 Å². The molecule has 6 heteroatoms. The van der Waals surface area contributed by atoms with Crippen LogP contribution in [0.5, 0.6) is 0 Å². The lowest BCUT2D eigenvalue weighted by Crippen LogP contribution is -2.51. The minimum absolute atomic E-state index is 0.00395. The van der Waals surface area contributed by atoms with Crippen molar-refractivity contribution in [1.82, 2.24) is 14.5 Å². The first-order valence-corrected chi connectivity index (χ1v) is 9.61. The molecule has 27 heavy (non-hydrogen) atoms. The zero-order valence-corrected chi connectivity index (χ0v) is 16.1. The predicted molar refractivity (Wildman–Crippen MR) is 109 cm³/mol. The fraction of sp³-hybridized carbons (Fsp3) is 0.381. The number of aliphatic imine (C=N–C) groups is 1. The van der Waals surface area contributed by atoms with Gasteiger partial charge in [-0.05, 0) is 24.5 Å². The summed E-state index contributed by atoms with van der Waals surface area (Å²) in [5.74, 6) is 2.31. The number of nitrogens with zero attached hydrogens (tertiary/aromatic N) is 5. The molecule has 0 spiro atoms. The minimum atomic E-state index is -0.00395. The van der Waals surface area contributed by atoms with Crippen LogP contribution in [0.4, 0.5) is 10.6 Å². The summed E-state index contributed by atoms with van der Waals surface area (Å²) in [5.41, 5.74) is 2.05. The monoisotopic (exact) mass is 363 g/mol. The summed E-state index contributed by atoms with van der Waals surface area (Å²) in [5, 5.41) is 0. The average Bonchev–Trinajstić information content (AvgIpc) is 3.26. The average molecular weight is 363 g/mol. The van der Waals surface area contributed by atoms with Crippen molar-refractivity contribution in [2.45, 2.75) is 32.7 Å². The van der Waals surface area contributed by atoms with Crippen LogP contribution in [0.15, 0.2) is 35.3 Å². The Balaban J connectivity index is 1.79. The van der Waals surface area contributed by atoms with Gasteiger partial charge >= 0.3 is 6.03 Å². The Bertz CT molecular complexity index is 912. The SMILES string of the molecule is CCCN1C(=O)N2CC(CC)N=C2c2c1nc(/C=C/c1ccccc1)n2C. The van der Waals surface area contributed by atoms with Crippen molar-refractivity contribution in [1.29, 1.82) is 0 Å². The van der Waals surface area contributed by atoms with Crippen molar-refractivity contribution in [2.75, 3.05) is 18.0 Å². The van der Waals surface area contributed by atoms with Crippen molar-refractivity contribution in [2.24, 2.45) is 12.0 Å². The molecule has 0 saturated heterocycles. The number of carbonyl (C=O) groups excluding carboxylic acids is 1. The van der Waals surface area contributed by atoms with E-state index < -0.39 is 0 Å². The van der Waals surface area contributed by atoms with E-state index >= 15 is 0 Å². The lowest BCUT2D eigenvalue weighted by molar-refractivity contribution is 0.226. The van der Waals surface area contributed by atoms with Crippen LogP contribution in [0, 0.1) is 0 Å². The summed E-state index contributed by atoms with van der Waals surface area (Å²) in [6.07, 6.45) is 5.85. The maximum Gasteiger partial charge on any atom is 0.331 e. The molecule has 0 radical (unpaired) electrons. The number of benzene rings is 1. The van der Waals surface area contributed by atoms with Gasteiger partial charge in [-0.1, -0.05) is 50.3 Å². The number of amidine groups is 1. The molecule has 4 rings (SSSR count). The molecule has 1 aromatic carbocycles. The molecule has 2 aliphatic heterocycles. The third-order valence-electron chi connectivity index (χ3n) is 5.14. The Hall–Kier alpha value is -2.89. The number of hydrogen-bond donors (Lipinski definition) is 0. The van der Waals surface area contributed by atoms with Gasteiger partial charge in [-0.3, -0.25) is 14.8 Å². The Morgan fingerprint density at radius 2 is 1.96 bits per heavy atom. The van der Waals surface area contributed by atoms with E-state index in [0.717, 1.165) is 41.6 Å². The van der Waals surface area contributed by atoms with E-state index in [1.54, 1.807) is 4.90 Å². The highest BCUT2D eigenvalue weighted by Gasteiger charge is 2.42. The van der Waals surface area contributed by atoms with Gasteiger partial charge in [-0.25, -0.2) is 9.78 Å². The number of urea groups is 1. The van der Waals surface area contributed by atoms with E-state index in [2.05, 4.69) is 26.0 Å². The van der Waals surface area contributed by atoms with Gasteiger partial charge in [0.15, 0.2) is 11.7 Å². The zero-order chi connectivity index (χ0) is 19.0. The number of rotatable bonds is 5. The van der Waals surface area contributed by atoms with Gasteiger partial charge in [-0.15, -0.1) is 0 Å². The summed E-state index contributed by atoms with van der Waals surface area (Å²) in [6, 6.07) is 10.3. The molecule has 0 fully saturated rings. The Labute approximate surface area is 159 Å².